The van der Waals surface area contributed by atoms with Crippen LogP contribution in [-0.2, 0) is 0 Å². The number of nitrogens with one attached hydrogen (secondary N) is 1. The van der Waals surface area contributed by atoms with Gasteiger partial charge in [-0.15, -0.1) is 0 Å². The minimum atomic E-state index is -0.953. The highest BCUT2D eigenvalue weighted by atomic mass is 16.6. The molecule has 0 fully saturated rings. The molecule has 0 radical (unpaired) electrons. The van der Waals surface area contributed by atoms with E-state index in [0.717, 1.165) is 12.3 Å². The Morgan fingerprint density at radius 3 is 2.35 bits per heavy atom. The number of ether oxygens (including phenoxy) is 2. The number of nitriles is 2. The SMILES string of the molecule is N#CC(C#N)=CNc1cc2c(c([N+](=O)[O-])c1[N+](=O)[O-])OCCO2. The summed E-state index contributed by atoms with van der Waals surface area (Å²) in [6, 6.07) is 4.24. The number of nitro groups is 2. The summed E-state index contributed by atoms with van der Waals surface area (Å²) in [5, 5.41) is 42.1. The summed E-state index contributed by atoms with van der Waals surface area (Å²) in [6.07, 6.45) is 0.905. The number of fused-ring (bicyclic) bond motifs is 1. The fourth-order valence-corrected chi connectivity index (χ4v) is 1.86. The maximum absolute atomic E-state index is 11.2. The van der Waals surface area contributed by atoms with E-state index >= 15 is 0 Å². The van der Waals surface area contributed by atoms with E-state index in [-0.39, 0.29) is 36.0 Å². The average Bonchev–Trinajstić information content (AvgIpc) is 2.53. The van der Waals surface area contributed by atoms with Crippen molar-refractivity contribution in [3.05, 3.63) is 38.1 Å². The molecule has 1 aliphatic heterocycles. The van der Waals surface area contributed by atoms with E-state index in [4.69, 9.17) is 20.0 Å². The minimum absolute atomic E-state index is 0.0185. The molecule has 1 heterocycles. The first-order chi connectivity index (χ1) is 11.0. The van der Waals surface area contributed by atoms with Crippen LogP contribution in [-0.4, -0.2) is 23.1 Å². The monoisotopic (exact) mass is 317 g/mol. The van der Waals surface area contributed by atoms with Crippen molar-refractivity contribution in [2.75, 3.05) is 18.5 Å². The van der Waals surface area contributed by atoms with Crippen LogP contribution in [0.1, 0.15) is 0 Å². The number of hydrogen-bond acceptors (Lipinski definition) is 9. The molecule has 1 aromatic carbocycles. The van der Waals surface area contributed by atoms with E-state index < -0.39 is 21.2 Å². The van der Waals surface area contributed by atoms with Crippen LogP contribution in [0.25, 0.3) is 0 Å². The second kappa shape index (κ2) is 6.28. The zero-order chi connectivity index (χ0) is 17.0. The Kier molecular flexibility index (Phi) is 4.24. The van der Waals surface area contributed by atoms with Gasteiger partial charge in [-0.1, -0.05) is 0 Å². The predicted octanol–water partition coefficient (Wildman–Crippen LogP) is 1.62. The standard InChI is InChI=1S/C12H7N5O6/c13-4-7(5-14)6-15-8-3-9-12(23-2-1-22-9)11(17(20)21)10(8)16(18)19/h3,6,15H,1-2H2. The number of allylic oxidation sites excluding steroid dienone is 1. The molecular weight excluding hydrogens is 310 g/mol. The van der Waals surface area contributed by atoms with Gasteiger partial charge in [0.2, 0.25) is 5.75 Å². The van der Waals surface area contributed by atoms with E-state index in [1.54, 1.807) is 12.1 Å². The molecule has 116 valence electrons. The van der Waals surface area contributed by atoms with E-state index in [1.807, 2.05) is 0 Å². The van der Waals surface area contributed by atoms with Crippen LogP contribution in [0.4, 0.5) is 17.1 Å². The Hall–Kier alpha value is -3.86. The third-order valence-electron chi connectivity index (χ3n) is 2.76. The first-order valence-corrected chi connectivity index (χ1v) is 6.02. The molecule has 11 nitrogen and oxygen atoms in total. The number of rotatable bonds is 4. The normalized spacial score (nSPS) is 11.6. The van der Waals surface area contributed by atoms with Gasteiger partial charge in [-0.2, -0.15) is 10.5 Å². The number of anilines is 1. The summed E-state index contributed by atoms with van der Waals surface area (Å²) in [4.78, 5) is 20.5. The van der Waals surface area contributed by atoms with Gasteiger partial charge in [-0.25, -0.2) is 0 Å². The summed E-state index contributed by atoms with van der Waals surface area (Å²) in [5.74, 6) is -0.372. The molecule has 0 aromatic heterocycles. The molecule has 2 rings (SSSR count). The fourth-order valence-electron chi connectivity index (χ4n) is 1.86. The third kappa shape index (κ3) is 2.93. The number of benzene rings is 1. The van der Waals surface area contributed by atoms with Crippen molar-refractivity contribution in [3.8, 4) is 23.6 Å². The van der Waals surface area contributed by atoms with Gasteiger partial charge in [0.05, 0.1) is 9.85 Å². The van der Waals surface area contributed by atoms with Crippen LogP contribution in [0, 0.1) is 42.9 Å². The largest absolute Gasteiger partial charge is 0.486 e. The lowest BCUT2D eigenvalue weighted by Gasteiger charge is -2.19. The van der Waals surface area contributed by atoms with Gasteiger partial charge in [0, 0.05) is 12.3 Å². The Labute approximate surface area is 128 Å². The Morgan fingerprint density at radius 1 is 1.17 bits per heavy atom. The maximum atomic E-state index is 11.2. The second-order valence-corrected chi connectivity index (χ2v) is 4.09. The smallest absolute Gasteiger partial charge is 0.393 e. The number of nitrogens with zero attached hydrogens (tertiary/aromatic N) is 4. The van der Waals surface area contributed by atoms with Crippen molar-refractivity contribution >= 4 is 17.1 Å². The highest BCUT2D eigenvalue weighted by Gasteiger charge is 2.38. The Balaban J connectivity index is 2.67. The maximum Gasteiger partial charge on any atom is 0.393 e. The van der Waals surface area contributed by atoms with Gasteiger partial charge in [-0.05, 0) is 0 Å². The predicted molar refractivity (Wildman–Crippen MR) is 73.7 cm³/mol. The van der Waals surface area contributed by atoms with Crippen molar-refractivity contribution in [2.45, 2.75) is 0 Å². The first kappa shape index (κ1) is 15.5. The Morgan fingerprint density at radius 2 is 1.78 bits per heavy atom. The molecule has 0 spiro atoms. The molecule has 1 aromatic rings. The number of hydrogen-bond donors (Lipinski definition) is 1. The fraction of sp³-hybridized carbons (Fsp3) is 0.167. The van der Waals surface area contributed by atoms with Crippen LogP contribution in [0.5, 0.6) is 11.5 Å². The zero-order valence-corrected chi connectivity index (χ0v) is 11.3. The molecule has 23 heavy (non-hydrogen) atoms. The van der Waals surface area contributed by atoms with Crippen LogP contribution < -0.4 is 14.8 Å². The van der Waals surface area contributed by atoms with Crippen molar-refractivity contribution in [1.82, 2.24) is 0 Å². The Bertz CT molecular complexity index is 788. The highest BCUT2D eigenvalue weighted by molar-refractivity contribution is 5.81. The molecule has 0 saturated heterocycles. The molecular formula is C12H7N5O6. The van der Waals surface area contributed by atoms with Gasteiger partial charge >= 0.3 is 11.4 Å². The zero-order valence-electron chi connectivity index (χ0n) is 11.3. The topological polar surface area (TPSA) is 164 Å². The molecule has 1 N–H and O–H groups in total. The van der Waals surface area contributed by atoms with E-state index in [0.29, 0.717) is 0 Å². The van der Waals surface area contributed by atoms with Gasteiger partial charge in [-0.3, -0.25) is 20.2 Å². The first-order valence-electron chi connectivity index (χ1n) is 6.02. The summed E-state index contributed by atoms with van der Waals surface area (Å²) in [5.41, 5.74) is -2.38. The summed E-state index contributed by atoms with van der Waals surface area (Å²) in [7, 11) is 0. The van der Waals surface area contributed by atoms with Crippen LogP contribution in [0.15, 0.2) is 17.8 Å². The summed E-state index contributed by atoms with van der Waals surface area (Å²) in [6.45, 7) is 0.142. The van der Waals surface area contributed by atoms with Crippen molar-refractivity contribution < 1.29 is 19.3 Å². The van der Waals surface area contributed by atoms with Crippen LogP contribution in [0.2, 0.25) is 0 Å². The number of nitro benzene ring substituents is 2. The summed E-state index contributed by atoms with van der Waals surface area (Å²) >= 11 is 0. The molecule has 0 atom stereocenters. The van der Waals surface area contributed by atoms with Crippen molar-refractivity contribution in [2.24, 2.45) is 0 Å². The van der Waals surface area contributed by atoms with Crippen molar-refractivity contribution in [1.29, 1.82) is 10.5 Å². The molecule has 0 bridgehead atoms. The van der Waals surface area contributed by atoms with Gasteiger partial charge in [0.25, 0.3) is 0 Å². The quantitative estimate of drug-likeness (QED) is 0.493. The highest BCUT2D eigenvalue weighted by Crippen LogP contribution is 2.49. The second-order valence-electron chi connectivity index (χ2n) is 4.09. The molecule has 1 aliphatic rings. The summed E-state index contributed by atoms with van der Waals surface area (Å²) < 4.78 is 10.3. The van der Waals surface area contributed by atoms with Crippen LogP contribution in [0.3, 0.4) is 0 Å². The lowest BCUT2D eigenvalue weighted by atomic mass is 10.2. The van der Waals surface area contributed by atoms with Gasteiger partial charge in [0.15, 0.2) is 5.75 Å². The van der Waals surface area contributed by atoms with Crippen molar-refractivity contribution in [3.63, 3.8) is 0 Å². The van der Waals surface area contributed by atoms with E-state index in [1.165, 1.54) is 0 Å². The molecule has 0 saturated carbocycles. The molecule has 0 amide bonds. The van der Waals surface area contributed by atoms with Crippen LogP contribution >= 0.6 is 0 Å². The molecule has 11 heteroatoms. The molecule has 0 unspecified atom stereocenters. The lowest BCUT2D eigenvalue weighted by Crippen LogP contribution is -2.17. The lowest BCUT2D eigenvalue weighted by molar-refractivity contribution is -0.422. The van der Waals surface area contributed by atoms with Gasteiger partial charge in [0.1, 0.15) is 36.6 Å². The van der Waals surface area contributed by atoms with Gasteiger partial charge < -0.3 is 14.8 Å². The van der Waals surface area contributed by atoms with E-state index in [9.17, 15) is 20.2 Å². The molecule has 0 aliphatic carbocycles. The third-order valence-corrected chi connectivity index (χ3v) is 2.76. The van der Waals surface area contributed by atoms with E-state index in [2.05, 4.69) is 5.32 Å². The average molecular weight is 317 g/mol. The minimum Gasteiger partial charge on any atom is -0.486 e.